The first kappa shape index (κ1) is 15.8. The smallest absolute Gasteiger partial charge is 0.247 e. The predicted molar refractivity (Wildman–Crippen MR) is 77.8 cm³/mol. The van der Waals surface area contributed by atoms with Gasteiger partial charge in [0.05, 0.1) is 13.1 Å². The van der Waals surface area contributed by atoms with E-state index in [-0.39, 0.29) is 19.6 Å². The number of hydrogen-bond donors (Lipinski definition) is 0. The molecule has 0 aliphatic carbocycles. The second-order valence-electron chi connectivity index (χ2n) is 4.40. The lowest BCUT2D eigenvalue weighted by Gasteiger charge is -2.11. The third-order valence-corrected chi connectivity index (χ3v) is 2.93. The number of unbranched alkanes of at least 4 members (excludes halogenated alkanes) is 2. The minimum Gasteiger partial charge on any atom is -0.247 e. The molecule has 1 rings (SSSR count). The first-order chi connectivity index (χ1) is 9.58. The first-order valence-corrected chi connectivity index (χ1v) is 6.57. The Bertz CT molecular complexity index is 686. The van der Waals surface area contributed by atoms with E-state index < -0.39 is 17.1 Å². The Kier molecular flexibility index (Phi) is 5.78. The van der Waals surface area contributed by atoms with Gasteiger partial charge in [-0.05, 0) is 6.42 Å². The second kappa shape index (κ2) is 7.34. The van der Waals surface area contributed by atoms with Crippen LogP contribution >= 0.6 is 0 Å². The zero-order valence-electron chi connectivity index (χ0n) is 11.7. The molecule has 0 radical (unpaired) electrons. The molecule has 0 fully saturated rings. The minimum absolute atomic E-state index is 0.0519. The van der Waals surface area contributed by atoms with E-state index in [1.54, 1.807) is 0 Å². The fraction of sp³-hybridized carbons (Fsp3) is 0.500. The van der Waals surface area contributed by atoms with Gasteiger partial charge in [-0.25, -0.2) is 28.1 Å². The highest BCUT2D eigenvalue weighted by Crippen LogP contribution is 1.94. The maximum atomic E-state index is 12.2. The van der Waals surface area contributed by atoms with Gasteiger partial charge in [0.1, 0.15) is 0 Å². The number of hydrogen-bond acceptors (Lipinski definition) is 3. The van der Waals surface area contributed by atoms with Crippen LogP contribution in [0.3, 0.4) is 0 Å². The van der Waals surface area contributed by atoms with E-state index in [1.165, 1.54) is 6.08 Å². The summed E-state index contributed by atoms with van der Waals surface area (Å²) in [5, 5.41) is 0. The average Bonchev–Trinajstić information content (AvgIpc) is 2.43. The predicted octanol–water partition coefficient (Wildman–Crippen LogP) is 0.181. The van der Waals surface area contributed by atoms with Crippen molar-refractivity contribution >= 4 is 0 Å². The van der Waals surface area contributed by atoms with Gasteiger partial charge in [-0.15, -0.1) is 13.0 Å². The topological polar surface area (TPSA) is 66.0 Å². The number of aromatic nitrogens is 3. The molecule has 0 aliphatic heterocycles. The number of nitrogens with zero attached hydrogens (tertiary/aromatic N) is 3. The summed E-state index contributed by atoms with van der Waals surface area (Å²) < 4.78 is 2.94. The van der Waals surface area contributed by atoms with Crippen LogP contribution in [0.5, 0.6) is 0 Å². The molecule has 1 heterocycles. The monoisotopic (exact) mass is 277 g/mol. The highest BCUT2D eigenvalue weighted by Gasteiger charge is 2.13. The Morgan fingerprint density at radius 1 is 1.10 bits per heavy atom. The lowest BCUT2D eigenvalue weighted by atomic mass is 10.2. The second-order valence-corrected chi connectivity index (χ2v) is 4.40. The lowest BCUT2D eigenvalue weighted by molar-refractivity contribution is 0.464. The van der Waals surface area contributed by atoms with Crippen molar-refractivity contribution in [2.45, 2.75) is 45.8 Å². The van der Waals surface area contributed by atoms with Crippen LogP contribution in [0.2, 0.25) is 0 Å². The number of terminal acetylenes is 1. The van der Waals surface area contributed by atoms with Crippen molar-refractivity contribution in [3.8, 4) is 12.3 Å². The minimum atomic E-state index is -0.690. The molecule has 0 bridgehead atoms. The Balaban J connectivity index is 3.46. The summed E-state index contributed by atoms with van der Waals surface area (Å²) in [5.74, 6) is 2.26. The van der Waals surface area contributed by atoms with Gasteiger partial charge in [0.15, 0.2) is 0 Å². The summed E-state index contributed by atoms with van der Waals surface area (Å²) in [5.41, 5.74) is -1.94. The zero-order chi connectivity index (χ0) is 15.1. The zero-order valence-corrected chi connectivity index (χ0v) is 11.7. The van der Waals surface area contributed by atoms with Gasteiger partial charge in [0.25, 0.3) is 0 Å². The van der Waals surface area contributed by atoms with Gasteiger partial charge in [-0.3, -0.25) is 0 Å². The molecule has 20 heavy (non-hydrogen) atoms. The molecule has 1 aromatic rings. The highest BCUT2D eigenvalue weighted by atomic mass is 16.2. The van der Waals surface area contributed by atoms with E-state index in [0.29, 0.717) is 6.42 Å². The molecular formula is C14H19N3O3. The molecule has 0 aliphatic rings. The van der Waals surface area contributed by atoms with E-state index >= 15 is 0 Å². The third kappa shape index (κ3) is 3.18. The van der Waals surface area contributed by atoms with Crippen LogP contribution in [-0.4, -0.2) is 13.7 Å². The molecule has 1 aromatic heterocycles. The molecule has 0 saturated carbocycles. The van der Waals surface area contributed by atoms with Crippen molar-refractivity contribution in [1.82, 2.24) is 13.7 Å². The fourth-order valence-corrected chi connectivity index (χ4v) is 1.91. The summed E-state index contributed by atoms with van der Waals surface area (Å²) in [6, 6.07) is 0. The van der Waals surface area contributed by atoms with Crippen LogP contribution in [0, 0.1) is 12.3 Å². The summed E-state index contributed by atoms with van der Waals surface area (Å²) in [6.07, 6.45) is 9.18. The molecule has 0 unspecified atom stereocenters. The van der Waals surface area contributed by atoms with Crippen molar-refractivity contribution in [2.75, 3.05) is 0 Å². The molecule has 0 aromatic carbocycles. The van der Waals surface area contributed by atoms with Gasteiger partial charge in [-0.1, -0.05) is 31.8 Å². The van der Waals surface area contributed by atoms with Crippen LogP contribution in [-0.2, 0) is 19.6 Å². The Labute approximate surface area is 117 Å². The van der Waals surface area contributed by atoms with Crippen molar-refractivity contribution < 1.29 is 0 Å². The van der Waals surface area contributed by atoms with E-state index in [4.69, 9.17) is 6.42 Å². The van der Waals surface area contributed by atoms with E-state index in [9.17, 15) is 14.4 Å². The molecule has 6 heteroatoms. The van der Waals surface area contributed by atoms with Crippen molar-refractivity contribution in [3.05, 3.63) is 44.1 Å². The van der Waals surface area contributed by atoms with Crippen LogP contribution in [0.25, 0.3) is 0 Å². The lowest BCUT2D eigenvalue weighted by Crippen LogP contribution is -2.54. The summed E-state index contributed by atoms with van der Waals surface area (Å²) in [6.45, 7) is 5.72. The van der Waals surface area contributed by atoms with E-state index in [2.05, 4.69) is 12.5 Å². The standard InChI is InChI=1S/C14H19N3O3/c1-4-7-8-11-17-13(19)15(9-5-2)12(18)16(10-6-3)14(17)20/h2,6H,3-4,7-11H2,1H3. The quantitative estimate of drug-likeness (QED) is 0.406. The maximum absolute atomic E-state index is 12.2. The third-order valence-electron chi connectivity index (χ3n) is 2.93. The Morgan fingerprint density at radius 3 is 2.25 bits per heavy atom. The van der Waals surface area contributed by atoms with Crippen molar-refractivity contribution in [2.24, 2.45) is 0 Å². The SMILES string of the molecule is C#CCn1c(=O)n(CC=C)c(=O)n(CCCCC)c1=O. The molecule has 0 saturated heterocycles. The van der Waals surface area contributed by atoms with Gasteiger partial charge in [-0.2, -0.15) is 0 Å². The van der Waals surface area contributed by atoms with Crippen molar-refractivity contribution in [3.63, 3.8) is 0 Å². The van der Waals surface area contributed by atoms with Crippen LogP contribution in [0.15, 0.2) is 27.0 Å². The van der Waals surface area contributed by atoms with Crippen LogP contribution in [0.1, 0.15) is 26.2 Å². The largest absolute Gasteiger partial charge is 0.337 e. The number of allylic oxidation sites excluding steroid dienone is 1. The average molecular weight is 277 g/mol. The molecule has 0 N–H and O–H groups in total. The molecule has 0 amide bonds. The van der Waals surface area contributed by atoms with E-state index in [0.717, 1.165) is 26.5 Å². The van der Waals surface area contributed by atoms with Gasteiger partial charge >= 0.3 is 17.1 Å². The van der Waals surface area contributed by atoms with Gasteiger partial charge in [0, 0.05) is 6.54 Å². The van der Waals surface area contributed by atoms with Crippen molar-refractivity contribution in [1.29, 1.82) is 0 Å². The van der Waals surface area contributed by atoms with Crippen LogP contribution < -0.4 is 17.1 Å². The molecule has 6 nitrogen and oxygen atoms in total. The molecule has 0 atom stereocenters. The normalized spacial score (nSPS) is 10.2. The van der Waals surface area contributed by atoms with Gasteiger partial charge in [0.2, 0.25) is 0 Å². The highest BCUT2D eigenvalue weighted by molar-refractivity contribution is 4.89. The Hall–Kier alpha value is -2.29. The summed E-state index contributed by atoms with van der Waals surface area (Å²) in [7, 11) is 0. The molecule has 108 valence electrons. The maximum Gasteiger partial charge on any atom is 0.337 e. The summed E-state index contributed by atoms with van der Waals surface area (Å²) >= 11 is 0. The first-order valence-electron chi connectivity index (χ1n) is 6.57. The van der Waals surface area contributed by atoms with Gasteiger partial charge < -0.3 is 0 Å². The fourth-order valence-electron chi connectivity index (χ4n) is 1.91. The van der Waals surface area contributed by atoms with E-state index in [1.807, 2.05) is 6.92 Å². The van der Waals surface area contributed by atoms with Crippen LogP contribution in [0.4, 0.5) is 0 Å². The number of rotatable bonds is 7. The molecule has 0 spiro atoms. The summed E-state index contributed by atoms with van der Waals surface area (Å²) in [4.78, 5) is 36.3. The Morgan fingerprint density at radius 2 is 1.70 bits per heavy atom. The molecular weight excluding hydrogens is 258 g/mol.